The van der Waals surface area contributed by atoms with Gasteiger partial charge >= 0.3 is 0 Å². The minimum atomic E-state index is 0.0296. The van der Waals surface area contributed by atoms with E-state index in [2.05, 4.69) is 49.6 Å². The number of para-hydroxylation sites is 2. The zero-order valence-electron chi connectivity index (χ0n) is 15.8. The zero-order chi connectivity index (χ0) is 17.4. The molecule has 2 aromatic rings. The van der Waals surface area contributed by atoms with Crippen molar-refractivity contribution in [3.63, 3.8) is 0 Å². The third kappa shape index (κ3) is 5.34. The summed E-state index contributed by atoms with van der Waals surface area (Å²) in [4.78, 5) is 4.84. The second-order valence-electron chi connectivity index (χ2n) is 7.47. The SMILES string of the molecule is CCCCCCCCCn1c(C(N)CC(C)C)nc2ccccc21. The fourth-order valence-corrected chi connectivity index (χ4v) is 3.45. The van der Waals surface area contributed by atoms with E-state index in [1.165, 1.54) is 50.5 Å². The number of imidazole rings is 1. The normalized spacial score (nSPS) is 13.0. The molecule has 1 atom stereocenters. The van der Waals surface area contributed by atoms with Gasteiger partial charge in [-0.2, -0.15) is 0 Å². The summed E-state index contributed by atoms with van der Waals surface area (Å²) in [7, 11) is 0. The van der Waals surface area contributed by atoms with E-state index in [0.717, 1.165) is 24.3 Å². The quantitative estimate of drug-likeness (QED) is 0.527. The Kier molecular flexibility index (Phi) is 7.77. The van der Waals surface area contributed by atoms with Crippen molar-refractivity contribution < 1.29 is 0 Å². The molecule has 1 unspecified atom stereocenters. The Morgan fingerprint density at radius 1 is 1.00 bits per heavy atom. The lowest BCUT2D eigenvalue weighted by atomic mass is 10.0. The van der Waals surface area contributed by atoms with Gasteiger partial charge in [-0.1, -0.05) is 71.4 Å². The number of unbranched alkanes of at least 4 members (excludes halogenated alkanes) is 6. The van der Waals surface area contributed by atoms with Crippen molar-refractivity contribution in [2.24, 2.45) is 11.7 Å². The van der Waals surface area contributed by atoms with Crippen LogP contribution in [-0.4, -0.2) is 9.55 Å². The van der Waals surface area contributed by atoms with E-state index in [4.69, 9.17) is 10.7 Å². The van der Waals surface area contributed by atoms with Crippen molar-refractivity contribution in [1.82, 2.24) is 9.55 Å². The smallest absolute Gasteiger partial charge is 0.126 e. The zero-order valence-corrected chi connectivity index (χ0v) is 15.8. The fourth-order valence-electron chi connectivity index (χ4n) is 3.45. The van der Waals surface area contributed by atoms with Crippen LogP contribution >= 0.6 is 0 Å². The topological polar surface area (TPSA) is 43.8 Å². The van der Waals surface area contributed by atoms with Crippen LogP contribution in [0.5, 0.6) is 0 Å². The highest BCUT2D eigenvalue weighted by atomic mass is 15.1. The van der Waals surface area contributed by atoms with Crippen LogP contribution in [0.15, 0.2) is 24.3 Å². The molecular weight excluding hydrogens is 294 g/mol. The van der Waals surface area contributed by atoms with Gasteiger partial charge in [-0.25, -0.2) is 4.98 Å². The molecular formula is C21H35N3. The number of fused-ring (bicyclic) bond motifs is 1. The molecule has 134 valence electrons. The fraction of sp³-hybridized carbons (Fsp3) is 0.667. The Balaban J connectivity index is 2.01. The number of aromatic nitrogens is 2. The van der Waals surface area contributed by atoms with E-state index in [0.29, 0.717) is 5.92 Å². The van der Waals surface area contributed by atoms with Gasteiger partial charge in [0.05, 0.1) is 17.1 Å². The van der Waals surface area contributed by atoms with E-state index in [9.17, 15) is 0 Å². The summed E-state index contributed by atoms with van der Waals surface area (Å²) in [5, 5.41) is 0. The third-order valence-electron chi connectivity index (χ3n) is 4.73. The van der Waals surface area contributed by atoms with Gasteiger partial charge in [0.25, 0.3) is 0 Å². The molecule has 1 aromatic heterocycles. The molecule has 1 heterocycles. The van der Waals surface area contributed by atoms with Gasteiger partial charge in [0.2, 0.25) is 0 Å². The van der Waals surface area contributed by atoms with Gasteiger partial charge in [-0.3, -0.25) is 0 Å². The number of rotatable bonds is 11. The van der Waals surface area contributed by atoms with Crippen molar-refractivity contribution in [3.05, 3.63) is 30.1 Å². The van der Waals surface area contributed by atoms with Crippen molar-refractivity contribution in [3.8, 4) is 0 Å². The predicted octanol–water partition coefficient (Wildman–Crippen LogP) is 5.83. The first-order valence-electron chi connectivity index (χ1n) is 9.84. The Morgan fingerprint density at radius 3 is 2.38 bits per heavy atom. The van der Waals surface area contributed by atoms with Crippen molar-refractivity contribution in [2.75, 3.05) is 0 Å². The number of benzene rings is 1. The van der Waals surface area contributed by atoms with Crippen molar-refractivity contribution in [2.45, 2.75) is 84.7 Å². The molecule has 3 heteroatoms. The molecule has 0 amide bonds. The molecule has 3 nitrogen and oxygen atoms in total. The molecule has 0 aliphatic rings. The lowest BCUT2D eigenvalue weighted by Gasteiger charge is -2.16. The molecule has 2 N–H and O–H groups in total. The first kappa shape index (κ1) is 19.0. The average Bonchev–Trinajstić information content (AvgIpc) is 2.92. The molecule has 0 bridgehead atoms. The first-order chi connectivity index (χ1) is 11.6. The third-order valence-corrected chi connectivity index (χ3v) is 4.73. The van der Waals surface area contributed by atoms with E-state index >= 15 is 0 Å². The summed E-state index contributed by atoms with van der Waals surface area (Å²) < 4.78 is 2.37. The van der Waals surface area contributed by atoms with Crippen LogP contribution in [0.25, 0.3) is 11.0 Å². The summed E-state index contributed by atoms with van der Waals surface area (Å²) in [6, 6.07) is 8.47. The molecule has 0 saturated heterocycles. The Labute approximate surface area is 147 Å². The number of hydrogen-bond donors (Lipinski definition) is 1. The summed E-state index contributed by atoms with van der Waals surface area (Å²) in [6.45, 7) is 7.76. The number of nitrogens with zero attached hydrogens (tertiary/aromatic N) is 2. The highest BCUT2D eigenvalue weighted by molar-refractivity contribution is 5.76. The maximum absolute atomic E-state index is 6.46. The van der Waals surface area contributed by atoms with Gasteiger partial charge in [0.1, 0.15) is 5.82 Å². The standard InChI is InChI=1S/C21H35N3/c1-4-5-6-7-8-9-12-15-24-20-14-11-10-13-19(20)23-21(24)18(22)16-17(2)3/h10-11,13-14,17-18H,4-9,12,15-16,22H2,1-3H3. The van der Waals surface area contributed by atoms with Crippen LogP contribution in [-0.2, 0) is 6.54 Å². The maximum atomic E-state index is 6.46. The van der Waals surface area contributed by atoms with Gasteiger partial charge < -0.3 is 10.3 Å². The molecule has 1 aromatic carbocycles. The Morgan fingerprint density at radius 2 is 1.67 bits per heavy atom. The van der Waals surface area contributed by atoms with E-state index in [1.54, 1.807) is 0 Å². The van der Waals surface area contributed by atoms with Crippen LogP contribution in [0.3, 0.4) is 0 Å². The lowest BCUT2D eigenvalue weighted by Crippen LogP contribution is -2.18. The molecule has 0 fully saturated rings. The number of hydrogen-bond acceptors (Lipinski definition) is 2. The number of aryl methyl sites for hydroxylation is 1. The van der Waals surface area contributed by atoms with Crippen LogP contribution in [0, 0.1) is 5.92 Å². The first-order valence-corrected chi connectivity index (χ1v) is 9.84. The molecule has 0 aliphatic carbocycles. The van der Waals surface area contributed by atoms with Gasteiger partial charge in [-0.05, 0) is 30.9 Å². The highest BCUT2D eigenvalue weighted by Gasteiger charge is 2.17. The predicted molar refractivity (Wildman–Crippen MR) is 104 cm³/mol. The molecule has 0 radical (unpaired) electrons. The second kappa shape index (κ2) is 9.83. The Hall–Kier alpha value is -1.35. The monoisotopic (exact) mass is 329 g/mol. The summed E-state index contributed by atoms with van der Waals surface area (Å²) in [5.74, 6) is 1.66. The van der Waals surface area contributed by atoms with Crippen LogP contribution < -0.4 is 5.73 Å². The van der Waals surface area contributed by atoms with E-state index in [-0.39, 0.29) is 6.04 Å². The summed E-state index contributed by atoms with van der Waals surface area (Å²) in [6.07, 6.45) is 10.3. The minimum absolute atomic E-state index is 0.0296. The summed E-state index contributed by atoms with van der Waals surface area (Å²) in [5.41, 5.74) is 8.77. The van der Waals surface area contributed by atoms with E-state index in [1.807, 2.05) is 0 Å². The van der Waals surface area contributed by atoms with Gasteiger partial charge in [-0.15, -0.1) is 0 Å². The van der Waals surface area contributed by atoms with Crippen LogP contribution in [0.4, 0.5) is 0 Å². The Bertz CT molecular complexity index is 600. The van der Waals surface area contributed by atoms with Crippen molar-refractivity contribution >= 4 is 11.0 Å². The van der Waals surface area contributed by atoms with Gasteiger partial charge in [0.15, 0.2) is 0 Å². The second-order valence-corrected chi connectivity index (χ2v) is 7.47. The largest absolute Gasteiger partial charge is 0.327 e. The van der Waals surface area contributed by atoms with Crippen LogP contribution in [0.1, 0.15) is 84.0 Å². The molecule has 24 heavy (non-hydrogen) atoms. The van der Waals surface area contributed by atoms with Crippen LogP contribution in [0.2, 0.25) is 0 Å². The van der Waals surface area contributed by atoms with E-state index < -0.39 is 0 Å². The minimum Gasteiger partial charge on any atom is -0.327 e. The lowest BCUT2D eigenvalue weighted by molar-refractivity contribution is 0.468. The highest BCUT2D eigenvalue weighted by Crippen LogP contribution is 2.24. The van der Waals surface area contributed by atoms with Crippen molar-refractivity contribution in [1.29, 1.82) is 0 Å². The summed E-state index contributed by atoms with van der Waals surface area (Å²) >= 11 is 0. The number of nitrogens with two attached hydrogens (primary N) is 1. The molecule has 0 spiro atoms. The molecule has 0 saturated carbocycles. The molecule has 2 rings (SSSR count). The average molecular weight is 330 g/mol. The molecule has 0 aliphatic heterocycles. The van der Waals surface area contributed by atoms with Gasteiger partial charge in [0, 0.05) is 6.54 Å². The maximum Gasteiger partial charge on any atom is 0.126 e.